The van der Waals surface area contributed by atoms with Crippen LogP contribution in [0.5, 0.6) is 0 Å². The molecule has 0 aliphatic heterocycles. The zero-order valence-electron chi connectivity index (χ0n) is 14.9. The smallest absolute Gasteiger partial charge is 0.264 e. The third-order valence-corrected chi connectivity index (χ3v) is 6.03. The van der Waals surface area contributed by atoms with Gasteiger partial charge in [-0.15, -0.1) is 0 Å². The number of hydrogen-bond donors (Lipinski definition) is 1. The summed E-state index contributed by atoms with van der Waals surface area (Å²) in [4.78, 5) is 0.190. The third-order valence-electron chi connectivity index (χ3n) is 4.64. The fourth-order valence-electron chi connectivity index (χ4n) is 3.07. The van der Waals surface area contributed by atoms with E-state index >= 15 is 0 Å². The van der Waals surface area contributed by atoms with Crippen molar-refractivity contribution in [3.05, 3.63) is 78.0 Å². The summed E-state index contributed by atoms with van der Waals surface area (Å²) in [6.45, 7) is 3.53. The Morgan fingerprint density at radius 2 is 1.52 bits per heavy atom. The van der Waals surface area contributed by atoms with Crippen LogP contribution in [0, 0.1) is 13.8 Å². The molecular formula is C21H18N2O3S. The predicted molar refractivity (Wildman–Crippen MR) is 106 cm³/mol. The molecule has 0 spiro atoms. The van der Waals surface area contributed by atoms with Gasteiger partial charge in [0.05, 0.1) is 10.6 Å². The summed E-state index contributed by atoms with van der Waals surface area (Å²) in [7, 11) is -3.85. The molecule has 3 aromatic carbocycles. The molecule has 0 saturated carbocycles. The molecule has 4 rings (SSSR count). The van der Waals surface area contributed by atoms with Crippen molar-refractivity contribution in [1.29, 1.82) is 0 Å². The number of nitrogens with zero attached hydrogens (tertiary/aromatic N) is 1. The summed E-state index contributed by atoms with van der Waals surface area (Å²) in [5.41, 5.74) is 2.81. The minimum absolute atomic E-state index is 0.139. The first-order valence-corrected chi connectivity index (χ1v) is 9.98. The van der Waals surface area contributed by atoms with Gasteiger partial charge in [-0.25, -0.2) is 13.1 Å². The second-order valence-corrected chi connectivity index (χ2v) is 8.00. The lowest BCUT2D eigenvalue weighted by molar-refractivity contribution is 0.430. The van der Waals surface area contributed by atoms with E-state index in [-0.39, 0.29) is 10.8 Å². The molecule has 0 bridgehead atoms. The molecule has 5 nitrogen and oxygen atoms in total. The number of nitrogens with one attached hydrogen (secondary N) is 1. The molecule has 0 amide bonds. The van der Waals surface area contributed by atoms with Crippen LogP contribution >= 0.6 is 0 Å². The number of benzene rings is 3. The summed E-state index contributed by atoms with van der Waals surface area (Å²) in [5, 5.41) is 5.86. The summed E-state index contributed by atoms with van der Waals surface area (Å²) in [6.07, 6.45) is 0. The zero-order chi connectivity index (χ0) is 19.0. The van der Waals surface area contributed by atoms with Gasteiger partial charge in [0.15, 0.2) is 0 Å². The van der Waals surface area contributed by atoms with Crippen LogP contribution in [-0.4, -0.2) is 13.6 Å². The van der Waals surface area contributed by atoms with Crippen LogP contribution in [0.2, 0.25) is 0 Å². The highest BCUT2D eigenvalue weighted by Gasteiger charge is 2.23. The number of hydrogen-bond acceptors (Lipinski definition) is 4. The van der Waals surface area contributed by atoms with E-state index in [0.717, 1.165) is 16.3 Å². The molecule has 0 aliphatic rings. The molecule has 4 aromatic rings. The van der Waals surface area contributed by atoms with Crippen LogP contribution < -0.4 is 4.72 Å². The molecule has 1 aromatic heterocycles. The van der Waals surface area contributed by atoms with Crippen molar-refractivity contribution >= 4 is 26.7 Å². The molecule has 0 atom stereocenters. The highest BCUT2D eigenvalue weighted by atomic mass is 32.2. The van der Waals surface area contributed by atoms with Crippen LogP contribution in [0.4, 0.5) is 5.88 Å². The third kappa shape index (κ3) is 3.08. The van der Waals surface area contributed by atoms with Gasteiger partial charge in [0.25, 0.3) is 10.0 Å². The number of aromatic nitrogens is 1. The van der Waals surface area contributed by atoms with Crippen LogP contribution in [0.3, 0.4) is 0 Å². The Labute approximate surface area is 157 Å². The van der Waals surface area contributed by atoms with Gasteiger partial charge in [0, 0.05) is 11.1 Å². The van der Waals surface area contributed by atoms with Crippen molar-refractivity contribution in [1.82, 2.24) is 5.16 Å². The van der Waals surface area contributed by atoms with E-state index in [1.165, 1.54) is 0 Å². The minimum atomic E-state index is -3.85. The molecule has 0 unspecified atom stereocenters. The fraction of sp³-hybridized carbons (Fsp3) is 0.0952. The molecule has 0 aliphatic carbocycles. The average molecular weight is 378 g/mol. The van der Waals surface area contributed by atoms with E-state index in [4.69, 9.17) is 4.52 Å². The van der Waals surface area contributed by atoms with Gasteiger partial charge in [0.2, 0.25) is 5.88 Å². The summed E-state index contributed by atoms with van der Waals surface area (Å²) >= 11 is 0. The second-order valence-electron chi connectivity index (χ2n) is 6.35. The lowest BCUT2D eigenvalue weighted by Crippen LogP contribution is -2.14. The first kappa shape index (κ1) is 17.3. The first-order valence-electron chi connectivity index (χ1n) is 8.50. The Balaban J connectivity index is 1.87. The summed E-state index contributed by atoms with van der Waals surface area (Å²) < 4.78 is 33.8. The van der Waals surface area contributed by atoms with Gasteiger partial charge in [-0.2, -0.15) is 0 Å². The number of rotatable bonds is 4. The lowest BCUT2D eigenvalue weighted by Gasteiger charge is -2.13. The number of fused-ring (bicyclic) bond motifs is 1. The van der Waals surface area contributed by atoms with E-state index in [2.05, 4.69) is 9.88 Å². The van der Waals surface area contributed by atoms with Crippen molar-refractivity contribution < 1.29 is 12.9 Å². The highest BCUT2D eigenvalue weighted by Crippen LogP contribution is 2.34. The second kappa shape index (κ2) is 6.55. The standard InChI is InChI=1S/C21H18N2O3S/c1-14-15(2)22-26-21(14)23-27(24,25)20-13-6-5-11-19(20)18-12-7-9-16-8-3-4-10-17(16)18/h3-13,23H,1-2H3. The van der Waals surface area contributed by atoms with E-state index in [1.807, 2.05) is 54.6 Å². The van der Waals surface area contributed by atoms with Crippen LogP contribution in [-0.2, 0) is 10.0 Å². The fourth-order valence-corrected chi connectivity index (χ4v) is 4.34. The van der Waals surface area contributed by atoms with Crippen molar-refractivity contribution in [3.8, 4) is 11.1 Å². The van der Waals surface area contributed by atoms with Gasteiger partial charge in [-0.1, -0.05) is 65.8 Å². The quantitative estimate of drug-likeness (QED) is 0.547. The monoisotopic (exact) mass is 378 g/mol. The topological polar surface area (TPSA) is 72.2 Å². The van der Waals surface area contributed by atoms with Gasteiger partial charge < -0.3 is 4.52 Å². The Morgan fingerprint density at radius 1 is 0.852 bits per heavy atom. The van der Waals surface area contributed by atoms with E-state index in [0.29, 0.717) is 16.8 Å². The maximum atomic E-state index is 13.1. The van der Waals surface area contributed by atoms with Crippen LogP contribution in [0.1, 0.15) is 11.3 Å². The maximum absolute atomic E-state index is 13.1. The Bertz CT molecular complexity index is 1240. The van der Waals surface area contributed by atoms with Gasteiger partial charge in [-0.3, -0.25) is 0 Å². The van der Waals surface area contributed by atoms with Gasteiger partial charge in [0.1, 0.15) is 0 Å². The first-order chi connectivity index (χ1) is 13.0. The number of sulfonamides is 1. The largest absolute Gasteiger partial charge is 0.337 e. The SMILES string of the molecule is Cc1noc(NS(=O)(=O)c2ccccc2-c2cccc3ccccc23)c1C. The van der Waals surface area contributed by atoms with Crippen molar-refractivity contribution in [2.24, 2.45) is 0 Å². The molecule has 1 heterocycles. The summed E-state index contributed by atoms with van der Waals surface area (Å²) in [5.74, 6) is 0.139. The maximum Gasteiger partial charge on any atom is 0.264 e. The molecule has 6 heteroatoms. The predicted octanol–water partition coefficient (Wildman–Crippen LogP) is 4.91. The lowest BCUT2D eigenvalue weighted by atomic mass is 9.98. The Hall–Kier alpha value is -3.12. The van der Waals surface area contributed by atoms with E-state index < -0.39 is 10.0 Å². The summed E-state index contributed by atoms with van der Waals surface area (Å²) in [6, 6.07) is 20.7. The normalized spacial score (nSPS) is 11.6. The Kier molecular flexibility index (Phi) is 4.20. The highest BCUT2D eigenvalue weighted by molar-refractivity contribution is 7.92. The molecule has 136 valence electrons. The van der Waals surface area contributed by atoms with Crippen molar-refractivity contribution in [3.63, 3.8) is 0 Å². The van der Waals surface area contributed by atoms with Gasteiger partial charge in [-0.05, 0) is 36.2 Å². The van der Waals surface area contributed by atoms with Crippen LogP contribution in [0.25, 0.3) is 21.9 Å². The molecule has 1 N–H and O–H groups in total. The molecule has 27 heavy (non-hydrogen) atoms. The Morgan fingerprint density at radius 3 is 2.30 bits per heavy atom. The zero-order valence-corrected chi connectivity index (χ0v) is 15.7. The molecule has 0 fully saturated rings. The minimum Gasteiger partial charge on any atom is -0.337 e. The molecular weight excluding hydrogens is 360 g/mol. The molecule has 0 saturated heterocycles. The van der Waals surface area contributed by atoms with E-state index in [9.17, 15) is 8.42 Å². The van der Waals surface area contributed by atoms with Crippen LogP contribution in [0.15, 0.2) is 76.1 Å². The molecule has 0 radical (unpaired) electrons. The average Bonchev–Trinajstić information content (AvgIpc) is 2.99. The van der Waals surface area contributed by atoms with E-state index in [1.54, 1.807) is 26.0 Å². The number of anilines is 1. The van der Waals surface area contributed by atoms with Crippen molar-refractivity contribution in [2.45, 2.75) is 18.7 Å². The number of aryl methyl sites for hydroxylation is 1. The van der Waals surface area contributed by atoms with Gasteiger partial charge >= 0.3 is 0 Å². The van der Waals surface area contributed by atoms with Crippen molar-refractivity contribution in [2.75, 3.05) is 4.72 Å².